The summed E-state index contributed by atoms with van der Waals surface area (Å²) in [5.74, 6) is -0.452. The quantitative estimate of drug-likeness (QED) is 0.682. The Balaban J connectivity index is 2.22. The Morgan fingerprint density at radius 1 is 1.47 bits per heavy atom. The van der Waals surface area contributed by atoms with Crippen LogP contribution in [-0.4, -0.2) is 39.0 Å². The first-order chi connectivity index (χ1) is 8.78. The van der Waals surface area contributed by atoms with E-state index in [4.69, 9.17) is 16.3 Å². The van der Waals surface area contributed by atoms with Crippen molar-refractivity contribution >= 4 is 23.6 Å². The molecule has 6 nitrogen and oxygen atoms in total. The second-order valence-electron chi connectivity index (χ2n) is 5.19. The van der Waals surface area contributed by atoms with Gasteiger partial charge in [0.05, 0.1) is 11.3 Å². The highest BCUT2D eigenvalue weighted by Gasteiger charge is 2.33. The Hall–Kier alpha value is -1.69. The van der Waals surface area contributed by atoms with Gasteiger partial charge in [0.25, 0.3) is 5.91 Å². The third-order valence-corrected chi connectivity index (χ3v) is 2.68. The molecule has 0 spiro atoms. The number of carbonyl (C=O) groups is 2. The molecule has 2 amide bonds. The van der Waals surface area contributed by atoms with Gasteiger partial charge in [-0.15, -0.1) is 0 Å². The molecular weight excluding hydrogens is 270 g/mol. The van der Waals surface area contributed by atoms with Crippen LogP contribution in [0.4, 0.5) is 4.79 Å². The minimum absolute atomic E-state index is 0.0947. The average molecular weight is 284 g/mol. The largest absolute Gasteiger partial charge is 0.443 e. The summed E-state index contributed by atoms with van der Waals surface area (Å²) in [4.78, 5) is 32.9. The second kappa shape index (κ2) is 4.77. The second-order valence-corrected chi connectivity index (χ2v) is 5.52. The fraction of sp³-hybridized carbons (Fsp3) is 0.500. The van der Waals surface area contributed by atoms with Crippen LogP contribution >= 0.6 is 11.6 Å². The SMILES string of the molecule is CC(C)(C)OC(=O)N1CCc2nc(Cl)ncc2C1=O. The van der Waals surface area contributed by atoms with E-state index in [2.05, 4.69) is 9.97 Å². The maximum atomic E-state index is 12.2. The molecule has 2 rings (SSSR count). The van der Waals surface area contributed by atoms with Crippen molar-refractivity contribution in [1.29, 1.82) is 0 Å². The predicted octanol–water partition coefficient (Wildman–Crippen LogP) is 2.06. The van der Waals surface area contributed by atoms with Gasteiger partial charge in [0, 0.05) is 19.2 Å². The van der Waals surface area contributed by atoms with Crippen molar-refractivity contribution in [3.63, 3.8) is 0 Å². The predicted molar refractivity (Wildman–Crippen MR) is 68.0 cm³/mol. The van der Waals surface area contributed by atoms with Gasteiger partial charge in [0.2, 0.25) is 5.28 Å². The third kappa shape index (κ3) is 3.01. The fourth-order valence-corrected chi connectivity index (χ4v) is 1.87. The number of amides is 2. The molecule has 1 aliphatic heterocycles. The number of ether oxygens (including phenoxy) is 1. The number of nitrogens with zero attached hydrogens (tertiary/aromatic N) is 3. The molecule has 0 unspecified atom stereocenters. The highest BCUT2D eigenvalue weighted by Crippen LogP contribution is 2.20. The van der Waals surface area contributed by atoms with Crippen molar-refractivity contribution < 1.29 is 14.3 Å². The number of fused-ring (bicyclic) bond motifs is 1. The molecule has 0 radical (unpaired) electrons. The van der Waals surface area contributed by atoms with E-state index in [1.165, 1.54) is 6.20 Å². The van der Waals surface area contributed by atoms with Gasteiger partial charge in [0.1, 0.15) is 5.60 Å². The van der Waals surface area contributed by atoms with Crippen LogP contribution in [0.3, 0.4) is 0 Å². The topological polar surface area (TPSA) is 72.4 Å². The maximum absolute atomic E-state index is 12.2. The lowest BCUT2D eigenvalue weighted by Gasteiger charge is -2.28. The molecule has 102 valence electrons. The smallest absolute Gasteiger partial charge is 0.417 e. The van der Waals surface area contributed by atoms with E-state index in [1.54, 1.807) is 20.8 Å². The molecule has 0 bridgehead atoms. The molecule has 2 heterocycles. The molecule has 1 aromatic rings. The molecule has 1 aliphatic rings. The first-order valence-corrected chi connectivity index (χ1v) is 6.22. The van der Waals surface area contributed by atoms with Crippen molar-refractivity contribution in [3.05, 3.63) is 22.7 Å². The Morgan fingerprint density at radius 3 is 2.79 bits per heavy atom. The molecule has 19 heavy (non-hydrogen) atoms. The molecule has 0 saturated heterocycles. The van der Waals surface area contributed by atoms with Gasteiger partial charge in [-0.05, 0) is 32.4 Å². The molecule has 0 atom stereocenters. The standard InChI is InChI=1S/C12H14ClN3O3/c1-12(2,3)19-11(18)16-5-4-8-7(9(16)17)6-14-10(13)15-8/h6H,4-5H2,1-3H3. The van der Waals surface area contributed by atoms with Crippen molar-refractivity contribution in [2.24, 2.45) is 0 Å². The first kappa shape index (κ1) is 13.7. The van der Waals surface area contributed by atoms with Gasteiger partial charge in [-0.25, -0.2) is 19.7 Å². The van der Waals surface area contributed by atoms with E-state index in [9.17, 15) is 9.59 Å². The van der Waals surface area contributed by atoms with Crippen LogP contribution in [0.25, 0.3) is 0 Å². The molecule has 0 aromatic carbocycles. The van der Waals surface area contributed by atoms with Gasteiger partial charge < -0.3 is 4.74 Å². The number of aromatic nitrogens is 2. The zero-order valence-electron chi connectivity index (χ0n) is 10.9. The number of rotatable bonds is 0. The minimum atomic E-state index is -0.655. The van der Waals surface area contributed by atoms with Gasteiger partial charge in [0.15, 0.2) is 0 Å². The fourth-order valence-electron chi connectivity index (χ4n) is 1.72. The number of carbonyl (C=O) groups excluding carboxylic acids is 2. The van der Waals surface area contributed by atoms with Gasteiger partial charge >= 0.3 is 6.09 Å². The summed E-state index contributed by atoms with van der Waals surface area (Å²) >= 11 is 5.67. The first-order valence-electron chi connectivity index (χ1n) is 5.84. The summed E-state index contributed by atoms with van der Waals surface area (Å²) in [6.07, 6.45) is 1.13. The van der Waals surface area contributed by atoms with E-state index in [0.717, 1.165) is 4.90 Å². The number of hydrogen-bond donors (Lipinski definition) is 0. The van der Waals surface area contributed by atoms with E-state index >= 15 is 0 Å². The summed E-state index contributed by atoms with van der Waals surface area (Å²) in [6.45, 7) is 5.47. The van der Waals surface area contributed by atoms with Crippen molar-refractivity contribution in [3.8, 4) is 0 Å². The lowest BCUT2D eigenvalue weighted by molar-refractivity contribution is 0.0232. The Bertz CT molecular complexity index is 540. The van der Waals surface area contributed by atoms with Crippen LogP contribution in [0.1, 0.15) is 36.8 Å². The summed E-state index contributed by atoms with van der Waals surface area (Å²) < 4.78 is 5.19. The number of imide groups is 1. The van der Waals surface area contributed by atoms with Gasteiger partial charge in [-0.2, -0.15) is 0 Å². The lowest BCUT2D eigenvalue weighted by Crippen LogP contribution is -2.45. The molecule has 7 heteroatoms. The summed E-state index contributed by atoms with van der Waals surface area (Å²) in [6, 6.07) is 0. The Labute approximate surface area is 115 Å². The molecule has 0 fully saturated rings. The van der Waals surface area contributed by atoms with Crippen LogP contribution in [0.15, 0.2) is 6.20 Å². The van der Waals surface area contributed by atoms with Crippen molar-refractivity contribution in [2.45, 2.75) is 32.8 Å². The normalized spacial score (nSPS) is 15.2. The minimum Gasteiger partial charge on any atom is -0.443 e. The highest BCUT2D eigenvalue weighted by molar-refractivity contribution is 6.28. The van der Waals surface area contributed by atoms with Crippen molar-refractivity contribution in [2.75, 3.05) is 6.54 Å². The summed E-state index contributed by atoms with van der Waals surface area (Å²) in [7, 11) is 0. The van der Waals surface area contributed by atoms with E-state index in [1.807, 2.05) is 0 Å². The molecule has 0 saturated carbocycles. The molecule has 0 aliphatic carbocycles. The van der Waals surface area contributed by atoms with Crippen molar-refractivity contribution in [1.82, 2.24) is 14.9 Å². The molecule has 1 aromatic heterocycles. The zero-order valence-corrected chi connectivity index (χ0v) is 11.7. The van der Waals surface area contributed by atoms with Crippen LogP contribution in [0, 0.1) is 0 Å². The van der Waals surface area contributed by atoms with E-state index in [0.29, 0.717) is 17.7 Å². The van der Waals surface area contributed by atoms with Crippen LogP contribution in [0.2, 0.25) is 5.28 Å². The Morgan fingerprint density at radius 2 is 2.16 bits per heavy atom. The summed E-state index contributed by atoms with van der Waals surface area (Å²) in [5, 5.41) is 0.0947. The molecular formula is C12H14ClN3O3. The Kier molecular flexibility index (Phi) is 3.45. The van der Waals surface area contributed by atoms with Crippen LogP contribution in [-0.2, 0) is 11.2 Å². The monoisotopic (exact) mass is 283 g/mol. The maximum Gasteiger partial charge on any atom is 0.417 e. The van der Waals surface area contributed by atoms with Gasteiger partial charge in [-0.1, -0.05) is 0 Å². The number of hydrogen-bond acceptors (Lipinski definition) is 5. The van der Waals surface area contributed by atoms with E-state index < -0.39 is 17.6 Å². The lowest BCUT2D eigenvalue weighted by atomic mass is 10.1. The number of halogens is 1. The van der Waals surface area contributed by atoms with Gasteiger partial charge in [-0.3, -0.25) is 4.79 Å². The third-order valence-electron chi connectivity index (χ3n) is 2.50. The van der Waals surface area contributed by atoms with Crippen LogP contribution in [0.5, 0.6) is 0 Å². The highest BCUT2D eigenvalue weighted by atomic mass is 35.5. The van der Waals surface area contributed by atoms with E-state index in [-0.39, 0.29) is 11.8 Å². The average Bonchev–Trinajstić information content (AvgIpc) is 2.26. The zero-order chi connectivity index (χ0) is 14.2. The summed E-state index contributed by atoms with van der Waals surface area (Å²) in [5.41, 5.74) is 0.208. The van der Waals surface area contributed by atoms with Crippen LogP contribution < -0.4 is 0 Å². The molecule has 0 N–H and O–H groups in total.